The van der Waals surface area contributed by atoms with E-state index in [4.69, 9.17) is 24.1 Å². The van der Waals surface area contributed by atoms with Gasteiger partial charge in [-0.25, -0.2) is 0 Å². The molecule has 0 saturated carbocycles. The highest BCUT2D eigenvalue weighted by molar-refractivity contribution is 5.97. The summed E-state index contributed by atoms with van der Waals surface area (Å²) in [4.78, 5) is 22.1. The van der Waals surface area contributed by atoms with E-state index in [9.17, 15) is 65.8 Å². The molecule has 2 rings (SSSR count). The van der Waals surface area contributed by atoms with Gasteiger partial charge in [-0.1, -0.05) is 0 Å². The minimum atomic E-state index is -2.35. The zero-order chi connectivity index (χ0) is 28.9. The van der Waals surface area contributed by atoms with E-state index in [0.717, 1.165) is 0 Å². The van der Waals surface area contributed by atoms with Gasteiger partial charge >= 0.3 is 5.97 Å². The van der Waals surface area contributed by atoms with Crippen LogP contribution in [0.5, 0.6) is 0 Å². The van der Waals surface area contributed by atoms with Crippen molar-refractivity contribution in [2.24, 2.45) is 0 Å². The summed E-state index contributed by atoms with van der Waals surface area (Å²) in [6.07, 6.45) is -27.0. The summed E-state index contributed by atoms with van der Waals surface area (Å²) in [6.45, 7) is -2.32. The third-order valence-electron chi connectivity index (χ3n) is 6.10. The smallest absolute Gasteiger partial charge is 0.310 e. The van der Waals surface area contributed by atoms with Gasteiger partial charge < -0.3 is 80.2 Å². The molecule has 38 heavy (non-hydrogen) atoms. The molecule has 2 fully saturated rings. The summed E-state index contributed by atoms with van der Waals surface area (Å²) in [7, 11) is 0. The molecule has 2 aliphatic heterocycles. The zero-order valence-corrected chi connectivity index (χ0v) is 19.7. The molecule has 2 saturated heterocycles. The van der Waals surface area contributed by atoms with Gasteiger partial charge in [0, 0.05) is 0 Å². The Morgan fingerprint density at radius 1 is 0.711 bits per heavy atom. The summed E-state index contributed by atoms with van der Waals surface area (Å²) < 4.78 is 20.8. The second kappa shape index (κ2) is 14.3. The molecule has 0 bridgehead atoms. The number of hydrogen-bond donors (Lipinski definition) is 12. The second-order valence-electron chi connectivity index (χ2n) is 8.91. The van der Waals surface area contributed by atoms with Crippen LogP contribution in [0.3, 0.4) is 0 Å². The number of rotatable bonds is 13. The van der Waals surface area contributed by atoms with E-state index in [2.05, 4.69) is 0 Å². The van der Waals surface area contributed by atoms with Gasteiger partial charge in [-0.3, -0.25) is 9.59 Å². The van der Waals surface area contributed by atoms with Crippen molar-refractivity contribution in [1.82, 2.24) is 0 Å². The van der Waals surface area contributed by atoms with E-state index in [1.165, 1.54) is 0 Å². The van der Waals surface area contributed by atoms with E-state index in [0.29, 0.717) is 0 Å². The summed E-state index contributed by atoms with van der Waals surface area (Å²) in [5, 5.41) is 117. The Kier molecular flexibility index (Phi) is 12.3. The minimum Gasteiger partial charge on any atom is -0.481 e. The van der Waals surface area contributed by atoms with Crippen LogP contribution in [0.1, 0.15) is 6.42 Å². The maximum atomic E-state index is 11.5. The Hall–Kier alpha value is -1.46. The summed E-state index contributed by atoms with van der Waals surface area (Å²) in [5.41, 5.74) is 0. The molecule has 0 aliphatic carbocycles. The van der Waals surface area contributed by atoms with Gasteiger partial charge in [0.1, 0.15) is 79.7 Å². The molecule has 12 N–H and O–H groups in total. The predicted octanol–water partition coefficient (Wildman–Crippen LogP) is -7.89. The highest BCUT2D eigenvalue weighted by Crippen LogP contribution is 2.26. The zero-order valence-electron chi connectivity index (χ0n) is 19.7. The highest BCUT2D eigenvalue weighted by Gasteiger charge is 2.48. The van der Waals surface area contributed by atoms with Crippen molar-refractivity contribution in [3.8, 4) is 0 Å². The summed E-state index contributed by atoms with van der Waals surface area (Å²) in [5.74, 6) is -2.95. The molecule has 2 aliphatic rings. The molecule has 18 nitrogen and oxygen atoms in total. The van der Waals surface area contributed by atoms with Crippen LogP contribution >= 0.6 is 0 Å². The van der Waals surface area contributed by atoms with Gasteiger partial charge in [-0.05, 0) is 0 Å². The van der Waals surface area contributed by atoms with E-state index < -0.39 is 124 Å². The Bertz CT molecular complexity index is 766. The predicted molar refractivity (Wildman–Crippen MR) is 114 cm³/mol. The Morgan fingerprint density at radius 3 is 1.74 bits per heavy atom. The molecule has 0 radical (unpaired) electrons. The fraction of sp³-hybridized carbons (Fsp3) is 0.900. The SMILES string of the molecule is O=C(O)CC(=O)[C@H](O)[C@@H](O)[C@H](O)[C@H](O)CO[C@H]1O[C@H](CO[C@H]2O[C@H](CO)[C@@H](O)[C@H](O)[C@H]2O)[C@@H](O)[C@H](O)[C@H]1O. The van der Waals surface area contributed by atoms with Crippen LogP contribution in [0.2, 0.25) is 0 Å². The first kappa shape index (κ1) is 32.8. The Balaban J connectivity index is 1.95. The fourth-order valence-electron chi connectivity index (χ4n) is 3.74. The minimum absolute atomic E-state index is 0.657. The average molecular weight is 562 g/mol. The standard InChI is InChI=1S/C20H34O18/c21-2-7-12(28)15(31)17(33)20(37-7)36-4-8-13(29)16(32)18(34)19(38-8)35-3-6(23)11(27)14(30)10(26)5(22)1-9(24)25/h6-8,10-21,23,26-34H,1-4H2,(H,24,25)/t6-,7-,8-,10+,11-,12-,13-,14-,15+,16+,17-,18-,19+,20+/m1/s1. The number of hydrogen-bond acceptors (Lipinski definition) is 17. The maximum Gasteiger partial charge on any atom is 0.310 e. The van der Waals surface area contributed by atoms with Crippen LogP contribution in [0.15, 0.2) is 0 Å². The van der Waals surface area contributed by atoms with E-state index in [1.807, 2.05) is 0 Å². The first-order valence-corrected chi connectivity index (χ1v) is 11.4. The van der Waals surface area contributed by atoms with E-state index in [-0.39, 0.29) is 0 Å². The molecule has 222 valence electrons. The van der Waals surface area contributed by atoms with Crippen LogP contribution in [0.25, 0.3) is 0 Å². The lowest BCUT2D eigenvalue weighted by Crippen LogP contribution is -2.62. The number of aliphatic carboxylic acids is 1. The Labute approximate surface area is 214 Å². The molecular weight excluding hydrogens is 528 g/mol. The van der Waals surface area contributed by atoms with Gasteiger partial charge in [0.05, 0.1) is 19.8 Å². The van der Waals surface area contributed by atoms with Gasteiger partial charge in [-0.2, -0.15) is 0 Å². The van der Waals surface area contributed by atoms with Crippen LogP contribution in [0.4, 0.5) is 0 Å². The van der Waals surface area contributed by atoms with E-state index >= 15 is 0 Å². The number of aliphatic hydroxyl groups excluding tert-OH is 11. The lowest BCUT2D eigenvalue weighted by molar-refractivity contribution is -0.333. The van der Waals surface area contributed by atoms with Crippen molar-refractivity contribution >= 4 is 11.8 Å². The highest BCUT2D eigenvalue weighted by atomic mass is 16.7. The number of carbonyl (C=O) groups excluding carboxylic acids is 1. The molecule has 0 amide bonds. The summed E-state index contributed by atoms with van der Waals surface area (Å²) >= 11 is 0. The molecule has 0 aromatic rings. The van der Waals surface area contributed by atoms with E-state index in [1.54, 1.807) is 0 Å². The number of aliphatic hydroxyl groups is 11. The van der Waals surface area contributed by atoms with Crippen molar-refractivity contribution in [2.45, 2.75) is 92.2 Å². The maximum absolute atomic E-state index is 11.5. The molecular formula is C20H34O18. The van der Waals surface area contributed by atoms with Crippen LogP contribution in [-0.4, -0.2) is 179 Å². The van der Waals surface area contributed by atoms with Crippen LogP contribution < -0.4 is 0 Å². The molecule has 0 spiro atoms. The number of Topliss-reactive ketones (excluding diaryl/α,β-unsaturated/α-hetero) is 1. The summed E-state index contributed by atoms with van der Waals surface area (Å²) in [6, 6.07) is 0. The molecule has 0 aromatic heterocycles. The molecule has 0 unspecified atom stereocenters. The van der Waals surface area contributed by atoms with Gasteiger partial charge in [0.15, 0.2) is 18.4 Å². The van der Waals surface area contributed by atoms with Crippen LogP contribution in [-0.2, 0) is 28.5 Å². The van der Waals surface area contributed by atoms with Gasteiger partial charge in [0.25, 0.3) is 0 Å². The van der Waals surface area contributed by atoms with Gasteiger partial charge in [0.2, 0.25) is 0 Å². The Morgan fingerprint density at radius 2 is 1.21 bits per heavy atom. The first-order chi connectivity index (χ1) is 17.7. The van der Waals surface area contributed by atoms with Gasteiger partial charge in [-0.15, -0.1) is 0 Å². The number of carboxylic acid groups (broad SMARTS) is 1. The lowest BCUT2D eigenvalue weighted by Gasteiger charge is -2.42. The van der Waals surface area contributed by atoms with Crippen molar-refractivity contribution in [3.05, 3.63) is 0 Å². The fourth-order valence-corrected chi connectivity index (χ4v) is 3.74. The monoisotopic (exact) mass is 562 g/mol. The first-order valence-electron chi connectivity index (χ1n) is 11.4. The normalized spacial score (nSPS) is 39.2. The molecule has 14 atom stereocenters. The average Bonchev–Trinajstić information content (AvgIpc) is 2.88. The third-order valence-corrected chi connectivity index (χ3v) is 6.10. The molecule has 18 heteroatoms. The van der Waals surface area contributed by atoms with Crippen molar-refractivity contribution in [1.29, 1.82) is 0 Å². The molecule has 2 heterocycles. The number of carboxylic acids is 1. The largest absolute Gasteiger partial charge is 0.481 e. The number of ketones is 1. The quantitative estimate of drug-likeness (QED) is 0.0927. The second-order valence-corrected chi connectivity index (χ2v) is 8.91. The van der Waals surface area contributed by atoms with Crippen molar-refractivity contribution in [2.75, 3.05) is 19.8 Å². The lowest BCUT2D eigenvalue weighted by atomic mass is 9.98. The third kappa shape index (κ3) is 7.81. The number of carbonyl (C=O) groups is 2. The van der Waals surface area contributed by atoms with Crippen molar-refractivity contribution < 1.29 is 89.8 Å². The topological polar surface area (TPSA) is 314 Å². The molecule has 0 aromatic carbocycles. The van der Waals surface area contributed by atoms with Crippen LogP contribution in [0, 0.1) is 0 Å². The van der Waals surface area contributed by atoms with Crippen molar-refractivity contribution in [3.63, 3.8) is 0 Å². The number of ether oxygens (including phenoxy) is 4.